The lowest BCUT2D eigenvalue weighted by Gasteiger charge is -2.17. The van der Waals surface area contributed by atoms with E-state index >= 15 is 0 Å². The van der Waals surface area contributed by atoms with Crippen LogP contribution in [0.3, 0.4) is 0 Å². The van der Waals surface area contributed by atoms with Crippen molar-refractivity contribution >= 4 is 5.91 Å². The van der Waals surface area contributed by atoms with Crippen molar-refractivity contribution in [1.29, 1.82) is 0 Å². The Bertz CT molecular complexity index is 879. The molecule has 0 fully saturated rings. The SMILES string of the molecule is Cc1nc(-c2ccc(CNC(=O)C(C)n3ccnc3C(C)C)cc2)no1. The number of benzene rings is 1. The van der Waals surface area contributed by atoms with E-state index in [4.69, 9.17) is 4.52 Å². The summed E-state index contributed by atoms with van der Waals surface area (Å²) in [5.74, 6) is 2.23. The van der Waals surface area contributed by atoms with E-state index in [1.807, 2.05) is 42.0 Å². The Labute approximate surface area is 152 Å². The minimum Gasteiger partial charge on any atom is -0.350 e. The van der Waals surface area contributed by atoms with Gasteiger partial charge in [0.05, 0.1) is 0 Å². The highest BCUT2D eigenvalue weighted by Crippen LogP contribution is 2.18. The van der Waals surface area contributed by atoms with Crippen LogP contribution >= 0.6 is 0 Å². The molecule has 0 spiro atoms. The van der Waals surface area contributed by atoms with Crippen molar-refractivity contribution < 1.29 is 9.32 Å². The Morgan fingerprint density at radius 3 is 2.58 bits per heavy atom. The van der Waals surface area contributed by atoms with Crippen LogP contribution in [0.15, 0.2) is 41.2 Å². The molecule has 0 saturated heterocycles. The fourth-order valence-corrected chi connectivity index (χ4v) is 2.75. The van der Waals surface area contributed by atoms with E-state index in [1.54, 1.807) is 13.1 Å². The number of hydrogen-bond acceptors (Lipinski definition) is 5. The molecular formula is C19H23N5O2. The average molecular weight is 353 g/mol. The van der Waals surface area contributed by atoms with Crippen LogP contribution in [0.4, 0.5) is 0 Å². The first-order valence-electron chi connectivity index (χ1n) is 8.65. The normalized spacial score (nSPS) is 12.3. The van der Waals surface area contributed by atoms with Gasteiger partial charge in [-0.05, 0) is 12.5 Å². The van der Waals surface area contributed by atoms with Gasteiger partial charge in [-0.3, -0.25) is 4.79 Å². The van der Waals surface area contributed by atoms with Gasteiger partial charge in [0.25, 0.3) is 0 Å². The number of amides is 1. The van der Waals surface area contributed by atoms with Gasteiger partial charge in [-0.25, -0.2) is 4.98 Å². The first kappa shape index (κ1) is 17.8. The Hall–Kier alpha value is -2.96. The summed E-state index contributed by atoms with van der Waals surface area (Å²) in [6.07, 6.45) is 3.58. The highest BCUT2D eigenvalue weighted by Gasteiger charge is 2.18. The fourth-order valence-electron chi connectivity index (χ4n) is 2.75. The summed E-state index contributed by atoms with van der Waals surface area (Å²) in [5.41, 5.74) is 1.88. The molecule has 1 N–H and O–H groups in total. The average Bonchev–Trinajstić information content (AvgIpc) is 3.28. The van der Waals surface area contributed by atoms with Crippen molar-refractivity contribution in [3.8, 4) is 11.4 Å². The topological polar surface area (TPSA) is 85.8 Å². The molecular weight excluding hydrogens is 330 g/mol. The van der Waals surface area contributed by atoms with Crippen LogP contribution < -0.4 is 5.32 Å². The van der Waals surface area contributed by atoms with E-state index in [0.29, 0.717) is 18.3 Å². The van der Waals surface area contributed by atoms with Crippen molar-refractivity contribution in [3.05, 3.63) is 53.9 Å². The molecule has 7 nitrogen and oxygen atoms in total. The largest absolute Gasteiger partial charge is 0.350 e. The highest BCUT2D eigenvalue weighted by atomic mass is 16.5. The van der Waals surface area contributed by atoms with Crippen molar-refractivity contribution in [2.45, 2.75) is 46.2 Å². The van der Waals surface area contributed by atoms with E-state index in [2.05, 4.69) is 34.3 Å². The molecule has 1 aromatic carbocycles. The first-order valence-corrected chi connectivity index (χ1v) is 8.65. The van der Waals surface area contributed by atoms with Crippen LogP contribution in [0, 0.1) is 6.92 Å². The van der Waals surface area contributed by atoms with Gasteiger partial charge in [0.1, 0.15) is 11.9 Å². The molecule has 136 valence electrons. The second-order valence-corrected chi connectivity index (χ2v) is 6.58. The molecule has 7 heteroatoms. The maximum absolute atomic E-state index is 12.5. The van der Waals surface area contributed by atoms with Gasteiger partial charge in [-0.1, -0.05) is 43.3 Å². The van der Waals surface area contributed by atoms with Crippen LogP contribution in [-0.2, 0) is 11.3 Å². The summed E-state index contributed by atoms with van der Waals surface area (Å²) in [7, 11) is 0. The van der Waals surface area contributed by atoms with Crippen LogP contribution in [0.1, 0.15) is 50.0 Å². The monoisotopic (exact) mass is 353 g/mol. The van der Waals surface area contributed by atoms with Crippen LogP contribution in [0.2, 0.25) is 0 Å². The molecule has 1 amide bonds. The predicted molar refractivity (Wildman–Crippen MR) is 97.3 cm³/mol. The molecule has 26 heavy (non-hydrogen) atoms. The molecule has 0 aliphatic carbocycles. The number of carbonyl (C=O) groups is 1. The van der Waals surface area contributed by atoms with Gasteiger partial charge in [-0.2, -0.15) is 4.98 Å². The van der Waals surface area contributed by atoms with E-state index in [1.165, 1.54) is 0 Å². The van der Waals surface area contributed by atoms with Crippen LogP contribution in [-0.4, -0.2) is 25.6 Å². The van der Waals surface area contributed by atoms with Gasteiger partial charge >= 0.3 is 0 Å². The Morgan fingerprint density at radius 1 is 1.23 bits per heavy atom. The highest BCUT2D eigenvalue weighted by molar-refractivity contribution is 5.80. The van der Waals surface area contributed by atoms with Gasteiger partial charge in [0.2, 0.25) is 17.6 Å². The van der Waals surface area contributed by atoms with Crippen LogP contribution in [0.5, 0.6) is 0 Å². The standard InChI is InChI=1S/C19H23N5O2/c1-12(2)18-20-9-10-24(18)13(3)19(25)21-11-15-5-7-16(8-6-15)17-22-14(4)26-23-17/h5-10,12-13H,11H2,1-4H3,(H,21,25). The molecule has 0 aliphatic heterocycles. The molecule has 0 aliphatic rings. The Kier molecular flexibility index (Phi) is 5.16. The second-order valence-electron chi connectivity index (χ2n) is 6.58. The molecule has 1 atom stereocenters. The smallest absolute Gasteiger partial charge is 0.243 e. The van der Waals surface area contributed by atoms with Crippen molar-refractivity contribution in [3.63, 3.8) is 0 Å². The van der Waals surface area contributed by atoms with Crippen molar-refractivity contribution in [2.75, 3.05) is 0 Å². The number of imidazole rings is 1. The summed E-state index contributed by atoms with van der Waals surface area (Å²) in [6.45, 7) is 8.23. The van der Waals surface area contributed by atoms with Gasteiger partial charge in [0.15, 0.2) is 0 Å². The number of aryl methyl sites for hydroxylation is 1. The van der Waals surface area contributed by atoms with Gasteiger partial charge in [0, 0.05) is 37.3 Å². The minimum absolute atomic E-state index is 0.0391. The Balaban J connectivity index is 1.61. The number of aromatic nitrogens is 4. The summed E-state index contributed by atoms with van der Waals surface area (Å²) >= 11 is 0. The zero-order valence-corrected chi connectivity index (χ0v) is 15.4. The zero-order chi connectivity index (χ0) is 18.7. The van der Waals surface area contributed by atoms with Gasteiger partial charge in [-0.15, -0.1) is 0 Å². The summed E-state index contributed by atoms with van der Waals surface area (Å²) in [5, 5.41) is 6.88. The maximum atomic E-state index is 12.5. The lowest BCUT2D eigenvalue weighted by atomic mass is 10.1. The third kappa shape index (κ3) is 3.82. The summed E-state index contributed by atoms with van der Waals surface area (Å²) in [4.78, 5) is 21.0. The molecule has 0 saturated carbocycles. The van der Waals surface area contributed by atoms with E-state index < -0.39 is 0 Å². The lowest BCUT2D eigenvalue weighted by molar-refractivity contribution is -0.124. The number of nitrogens with one attached hydrogen (secondary N) is 1. The maximum Gasteiger partial charge on any atom is 0.243 e. The second kappa shape index (κ2) is 7.51. The Morgan fingerprint density at radius 2 is 1.96 bits per heavy atom. The first-order chi connectivity index (χ1) is 12.5. The molecule has 0 radical (unpaired) electrons. The number of carbonyl (C=O) groups excluding carboxylic acids is 1. The third-order valence-corrected chi connectivity index (χ3v) is 4.22. The van der Waals surface area contributed by atoms with E-state index in [-0.39, 0.29) is 17.9 Å². The predicted octanol–water partition coefficient (Wildman–Crippen LogP) is 3.24. The molecule has 1 unspecified atom stereocenters. The van der Waals surface area contributed by atoms with Gasteiger partial charge < -0.3 is 14.4 Å². The lowest BCUT2D eigenvalue weighted by Crippen LogP contribution is -2.31. The summed E-state index contributed by atoms with van der Waals surface area (Å²) in [6, 6.07) is 7.42. The summed E-state index contributed by atoms with van der Waals surface area (Å²) < 4.78 is 6.91. The quantitative estimate of drug-likeness (QED) is 0.735. The van der Waals surface area contributed by atoms with Crippen LogP contribution in [0.25, 0.3) is 11.4 Å². The number of nitrogens with zero attached hydrogens (tertiary/aromatic N) is 4. The molecule has 3 aromatic rings. The van der Waals surface area contributed by atoms with Crippen molar-refractivity contribution in [1.82, 2.24) is 25.0 Å². The molecule has 2 aromatic heterocycles. The van der Waals surface area contributed by atoms with Crippen molar-refractivity contribution in [2.24, 2.45) is 0 Å². The number of rotatable bonds is 6. The number of hydrogen-bond donors (Lipinski definition) is 1. The minimum atomic E-state index is -0.309. The zero-order valence-electron chi connectivity index (χ0n) is 15.4. The molecule has 3 rings (SSSR count). The third-order valence-electron chi connectivity index (χ3n) is 4.22. The van der Waals surface area contributed by atoms with E-state index in [9.17, 15) is 4.79 Å². The molecule has 2 heterocycles. The fraction of sp³-hybridized carbons (Fsp3) is 0.368. The molecule has 0 bridgehead atoms. The van der Waals surface area contributed by atoms with E-state index in [0.717, 1.165) is 17.0 Å².